The lowest BCUT2D eigenvalue weighted by Gasteiger charge is -2.11. The second-order valence-corrected chi connectivity index (χ2v) is 4.28. The predicted octanol–water partition coefficient (Wildman–Crippen LogP) is -2.11. The Hall–Kier alpha value is -2.42. The number of nitrogens with two attached hydrogens (primary N) is 2. The first-order valence-corrected chi connectivity index (χ1v) is 6.16. The molecular formula is C12H20N4O5. The summed E-state index contributed by atoms with van der Waals surface area (Å²) in [6.07, 6.45) is 0.0240. The van der Waals surface area contributed by atoms with Gasteiger partial charge in [0.25, 0.3) is 0 Å². The zero-order chi connectivity index (χ0) is 16.4. The lowest BCUT2D eigenvalue weighted by Crippen LogP contribution is -2.46. The van der Waals surface area contributed by atoms with Crippen LogP contribution in [0, 0.1) is 0 Å². The van der Waals surface area contributed by atoms with Gasteiger partial charge in [0.2, 0.25) is 17.7 Å². The summed E-state index contributed by atoms with van der Waals surface area (Å²) in [5.41, 5.74) is 10.4. The molecule has 0 aromatic rings. The lowest BCUT2D eigenvalue weighted by atomic mass is 10.1. The number of amides is 3. The van der Waals surface area contributed by atoms with Crippen molar-refractivity contribution >= 4 is 23.7 Å². The van der Waals surface area contributed by atoms with Crippen molar-refractivity contribution < 1.29 is 23.9 Å². The molecule has 1 atom stereocenters. The number of hydrogen-bond acceptors (Lipinski definition) is 6. The zero-order valence-corrected chi connectivity index (χ0v) is 11.8. The minimum atomic E-state index is -0.952. The Morgan fingerprint density at radius 3 is 2.33 bits per heavy atom. The van der Waals surface area contributed by atoms with E-state index in [1.165, 1.54) is 6.92 Å². The first-order valence-electron chi connectivity index (χ1n) is 6.16. The van der Waals surface area contributed by atoms with Crippen molar-refractivity contribution in [1.29, 1.82) is 0 Å². The molecule has 0 saturated heterocycles. The maximum absolute atomic E-state index is 11.5. The van der Waals surface area contributed by atoms with Gasteiger partial charge in [-0.1, -0.05) is 6.58 Å². The second kappa shape index (κ2) is 9.48. The van der Waals surface area contributed by atoms with Gasteiger partial charge in [0.05, 0.1) is 24.9 Å². The smallest absolute Gasteiger partial charge is 0.310 e. The number of nitrogens with one attached hydrogen (secondary N) is 2. The average Bonchev–Trinajstić information content (AvgIpc) is 2.38. The molecule has 21 heavy (non-hydrogen) atoms. The first kappa shape index (κ1) is 18.6. The summed E-state index contributed by atoms with van der Waals surface area (Å²) in [7, 11) is 0. The molecule has 9 heteroatoms. The number of ether oxygens (including phenoxy) is 1. The number of rotatable bonds is 9. The highest BCUT2D eigenvalue weighted by Crippen LogP contribution is 2.00. The molecule has 0 radical (unpaired) electrons. The van der Waals surface area contributed by atoms with Gasteiger partial charge in [-0.2, -0.15) is 0 Å². The summed E-state index contributed by atoms with van der Waals surface area (Å²) in [6.45, 7) is 4.28. The Labute approximate surface area is 122 Å². The van der Waals surface area contributed by atoms with Crippen LogP contribution in [0.5, 0.6) is 0 Å². The Bertz CT molecular complexity index is 435. The molecule has 0 fully saturated rings. The third-order valence-electron chi connectivity index (χ3n) is 2.17. The molecule has 3 amide bonds. The number of carbonyl (C=O) groups excluding carboxylic acids is 4. The van der Waals surface area contributed by atoms with Crippen molar-refractivity contribution in [2.45, 2.75) is 25.8 Å². The van der Waals surface area contributed by atoms with Crippen LogP contribution in [0.1, 0.15) is 19.8 Å². The van der Waals surface area contributed by atoms with Crippen molar-refractivity contribution in [2.24, 2.45) is 11.5 Å². The van der Waals surface area contributed by atoms with Crippen molar-refractivity contribution in [3.63, 3.8) is 0 Å². The molecule has 0 rings (SSSR count). The van der Waals surface area contributed by atoms with Crippen molar-refractivity contribution in [2.75, 3.05) is 13.1 Å². The van der Waals surface area contributed by atoms with Crippen LogP contribution in [0.2, 0.25) is 0 Å². The number of primary amides is 1. The SMILES string of the molecule is C=C(C)OC(=O)CCC(N)C(=O)NCC(=O)NCC(N)=O. The fourth-order valence-electron chi connectivity index (χ4n) is 1.20. The van der Waals surface area contributed by atoms with Crippen molar-refractivity contribution in [3.05, 3.63) is 12.3 Å². The third-order valence-corrected chi connectivity index (χ3v) is 2.17. The van der Waals surface area contributed by atoms with E-state index in [9.17, 15) is 19.2 Å². The first-order chi connectivity index (χ1) is 9.72. The van der Waals surface area contributed by atoms with Gasteiger partial charge >= 0.3 is 5.97 Å². The maximum atomic E-state index is 11.5. The number of allylic oxidation sites excluding steroid dienone is 1. The molecule has 0 aliphatic carbocycles. The van der Waals surface area contributed by atoms with E-state index in [1.54, 1.807) is 0 Å². The lowest BCUT2D eigenvalue weighted by molar-refractivity contribution is -0.139. The molecule has 0 aromatic heterocycles. The van der Waals surface area contributed by atoms with Crippen molar-refractivity contribution in [1.82, 2.24) is 10.6 Å². The van der Waals surface area contributed by atoms with Gasteiger partial charge in [-0.25, -0.2) is 0 Å². The standard InChI is InChI=1S/C12H20N4O5/c1-7(2)21-11(19)4-3-8(13)12(20)16-6-10(18)15-5-9(14)17/h8H,1,3-6,13H2,2H3,(H2,14,17)(H,15,18)(H,16,20). The molecule has 0 heterocycles. The number of carbonyl (C=O) groups is 4. The van der Waals surface area contributed by atoms with Crippen molar-refractivity contribution in [3.8, 4) is 0 Å². The number of esters is 1. The van der Waals surface area contributed by atoms with Gasteiger partial charge < -0.3 is 26.8 Å². The van der Waals surface area contributed by atoms with Gasteiger partial charge in [-0.15, -0.1) is 0 Å². The second-order valence-electron chi connectivity index (χ2n) is 4.28. The maximum Gasteiger partial charge on any atom is 0.310 e. The quantitative estimate of drug-likeness (QED) is 0.282. The van der Waals surface area contributed by atoms with E-state index in [0.717, 1.165) is 0 Å². The predicted molar refractivity (Wildman–Crippen MR) is 73.3 cm³/mol. The monoisotopic (exact) mass is 300 g/mol. The largest absolute Gasteiger partial charge is 0.432 e. The Morgan fingerprint density at radius 2 is 1.81 bits per heavy atom. The molecular weight excluding hydrogens is 280 g/mol. The molecule has 1 unspecified atom stereocenters. The van der Waals surface area contributed by atoms with Gasteiger partial charge in [0.1, 0.15) is 0 Å². The van der Waals surface area contributed by atoms with Crippen LogP contribution in [0.15, 0.2) is 12.3 Å². The topological polar surface area (TPSA) is 154 Å². The van der Waals surface area contributed by atoms with Crippen LogP contribution in [0.25, 0.3) is 0 Å². The zero-order valence-electron chi connectivity index (χ0n) is 11.8. The van der Waals surface area contributed by atoms with E-state index in [-0.39, 0.29) is 31.7 Å². The number of hydrogen-bond donors (Lipinski definition) is 4. The summed E-state index contributed by atoms with van der Waals surface area (Å²) >= 11 is 0. The van der Waals surface area contributed by atoms with E-state index in [1.807, 2.05) is 0 Å². The highest BCUT2D eigenvalue weighted by Gasteiger charge is 2.16. The van der Waals surface area contributed by atoms with E-state index in [2.05, 4.69) is 17.2 Å². The molecule has 0 aliphatic rings. The van der Waals surface area contributed by atoms with Gasteiger partial charge in [-0.05, 0) is 13.3 Å². The molecule has 0 bridgehead atoms. The molecule has 0 aliphatic heterocycles. The van der Waals surface area contributed by atoms with Gasteiger partial charge in [0, 0.05) is 6.42 Å². The summed E-state index contributed by atoms with van der Waals surface area (Å²) in [5, 5.41) is 4.47. The van der Waals surface area contributed by atoms with Crippen LogP contribution in [-0.4, -0.2) is 42.8 Å². The highest BCUT2D eigenvalue weighted by molar-refractivity contribution is 5.89. The fraction of sp³-hybridized carbons (Fsp3) is 0.500. The van der Waals surface area contributed by atoms with E-state index in [4.69, 9.17) is 16.2 Å². The Balaban J connectivity index is 3.94. The summed E-state index contributed by atoms with van der Waals surface area (Å²) in [6, 6.07) is -0.952. The molecule has 118 valence electrons. The highest BCUT2D eigenvalue weighted by atomic mass is 16.5. The molecule has 0 aromatic carbocycles. The molecule has 6 N–H and O–H groups in total. The van der Waals surface area contributed by atoms with Crippen LogP contribution in [-0.2, 0) is 23.9 Å². The van der Waals surface area contributed by atoms with Crippen LogP contribution in [0.3, 0.4) is 0 Å². The van der Waals surface area contributed by atoms with Gasteiger partial charge in [0.15, 0.2) is 0 Å². The molecule has 0 saturated carbocycles. The summed E-state index contributed by atoms with van der Waals surface area (Å²) < 4.78 is 4.70. The van der Waals surface area contributed by atoms with Crippen LogP contribution < -0.4 is 22.1 Å². The minimum Gasteiger partial charge on any atom is -0.432 e. The van der Waals surface area contributed by atoms with E-state index in [0.29, 0.717) is 0 Å². The van der Waals surface area contributed by atoms with E-state index >= 15 is 0 Å². The summed E-state index contributed by atoms with van der Waals surface area (Å²) in [4.78, 5) is 44.4. The molecule has 9 nitrogen and oxygen atoms in total. The summed E-state index contributed by atoms with van der Waals surface area (Å²) in [5.74, 6) is -2.14. The van der Waals surface area contributed by atoms with Crippen LogP contribution >= 0.6 is 0 Å². The Kier molecular flexibility index (Phi) is 8.39. The van der Waals surface area contributed by atoms with E-state index < -0.39 is 29.7 Å². The normalized spacial score (nSPS) is 11.1. The molecule has 0 spiro atoms. The third kappa shape index (κ3) is 10.1. The average molecular weight is 300 g/mol. The fourth-order valence-corrected chi connectivity index (χ4v) is 1.20. The minimum absolute atomic E-state index is 0.0463. The van der Waals surface area contributed by atoms with Crippen LogP contribution in [0.4, 0.5) is 0 Å². The Morgan fingerprint density at radius 1 is 1.19 bits per heavy atom. The van der Waals surface area contributed by atoms with Gasteiger partial charge in [-0.3, -0.25) is 19.2 Å².